The van der Waals surface area contributed by atoms with Gasteiger partial charge >= 0.3 is 5.69 Å². The SMILES string of the molecule is CO[C@H]1O[C@@H]2COC(c3ccccc3)O[C@H]2[C@H](O)[C@H]1Oc1ccc([N+](=O)[O-])cc1[N+](=O)[O-]. The lowest BCUT2D eigenvalue weighted by Gasteiger charge is -2.47. The first-order valence-corrected chi connectivity index (χ1v) is 9.67. The van der Waals surface area contributed by atoms with E-state index in [0.29, 0.717) is 0 Å². The van der Waals surface area contributed by atoms with E-state index < -0.39 is 58.2 Å². The van der Waals surface area contributed by atoms with Crippen molar-refractivity contribution in [2.45, 2.75) is 37.0 Å². The maximum absolute atomic E-state index is 11.4. The molecule has 0 aliphatic carbocycles. The van der Waals surface area contributed by atoms with Crippen LogP contribution >= 0.6 is 0 Å². The van der Waals surface area contributed by atoms with E-state index in [4.69, 9.17) is 23.7 Å². The van der Waals surface area contributed by atoms with E-state index in [1.807, 2.05) is 30.3 Å². The van der Waals surface area contributed by atoms with Crippen LogP contribution in [0.3, 0.4) is 0 Å². The molecule has 0 amide bonds. The Morgan fingerprint density at radius 1 is 1.06 bits per heavy atom. The molecule has 0 bridgehead atoms. The monoisotopic (exact) mass is 448 g/mol. The Morgan fingerprint density at radius 2 is 1.81 bits per heavy atom. The van der Waals surface area contributed by atoms with Crippen LogP contribution < -0.4 is 4.74 Å². The number of hydrogen-bond acceptors (Lipinski definition) is 10. The molecule has 4 rings (SSSR count). The first-order valence-electron chi connectivity index (χ1n) is 9.67. The third-order valence-electron chi connectivity index (χ3n) is 5.23. The summed E-state index contributed by atoms with van der Waals surface area (Å²) in [6.07, 6.45) is -5.89. The maximum Gasteiger partial charge on any atom is 0.317 e. The van der Waals surface area contributed by atoms with Crippen LogP contribution in [-0.2, 0) is 18.9 Å². The average molecular weight is 448 g/mol. The Morgan fingerprint density at radius 3 is 2.47 bits per heavy atom. The lowest BCUT2D eigenvalue weighted by Crippen LogP contribution is -2.63. The Kier molecular flexibility index (Phi) is 6.30. The molecule has 32 heavy (non-hydrogen) atoms. The van der Waals surface area contributed by atoms with Gasteiger partial charge < -0.3 is 28.8 Å². The number of nitro groups is 2. The third-order valence-corrected chi connectivity index (χ3v) is 5.23. The standard InChI is InChI=1S/C20H20N2O10/c1-28-20-18(30-14-8-7-12(21(24)25)9-13(14)22(26)27)16(23)17-15(31-20)10-29-19(32-17)11-5-3-2-4-6-11/h2-9,15-20,23H,10H2,1H3/t15-,16+,17-,18-,19?,20+/m1/s1. The summed E-state index contributed by atoms with van der Waals surface area (Å²) in [4.78, 5) is 20.8. The van der Waals surface area contributed by atoms with E-state index in [1.54, 1.807) is 0 Å². The molecule has 2 fully saturated rings. The molecule has 0 saturated carbocycles. The molecule has 12 nitrogen and oxygen atoms in total. The summed E-state index contributed by atoms with van der Waals surface area (Å²) in [5.74, 6) is -0.277. The molecule has 2 saturated heterocycles. The minimum absolute atomic E-state index is 0.117. The molecule has 2 heterocycles. The van der Waals surface area contributed by atoms with Gasteiger partial charge in [-0.25, -0.2) is 0 Å². The Bertz CT molecular complexity index is 988. The molecule has 2 aliphatic heterocycles. The smallest absolute Gasteiger partial charge is 0.317 e. The number of ether oxygens (including phenoxy) is 5. The van der Waals surface area contributed by atoms with Crippen LogP contribution in [0.2, 0.25) is 0 Å². The third kappa shape index (κ3) is 4.26. The van der Waals surface area contributed by atoms with Crippen molar-refractivity contribution in [2.24, 2.45) is 0 Å². The first kappa shape index (κ1) is 22.0. The molecule has 2 aromatic carbocycles. The average Bonchev–Trinajstić information content (AvgIpc) is 2.81. The van der Waals surface area contributed by atoms with Gasteiger partial charge in [0, 0.05) is 18.7 Å². The summed E-state index contributed by atoms with van der Waals surface area (Å²) in [7, 11) is 1.33. The van der Waals surface area contributed by atoms with Crippen molar-refractivity contribution in [3.63, 3.8) is 0 Å². The van der Waals surface area contributed by atoms with E-state index in [1.165, 1.54) is 7.11 Å². The lowest BCUT2D eigenvalue weighted by molar-refractivity contribution is -0.395. The van der Waals surface area contributed by atoms with E-state index in [2.05, 4.69) is 0 Å². The highest BCUT2D eigenvalue weighted by atomic mass is 16.8. The van der Waals surface area contributed by atoms with Crippen LogP contribution in [0, 0.1) is 20.2 Å². The molecule has 1 N–H and O–H groups in total. The first-order chi connectivity index (χ1) is 15.4. The number of methoxy groups -OCH3 is 1. The van der Waals surface area contributed by atoms with E-state index >= 15 is 0 Å². The van der Waals surface area contributed by atoms with Crippen LogP contribution in [0.15, 0.2) is 48.5 Å². The maximum atomic E-state index is 11.4. The van der Waals surface area contributed by atoms with Crippen molar-refractivity contribution in [2.75, 3.05) is 13.7 Å². The fourth-order valence-corrected chi connectivity index (χ4v) is 3.67. The Balaban J connectivity index is 1.58. The molecule has 0 aromatic heterocycles. The van der Waals surface area contributed by atoms with E-state index in [-0.39, 0.29) is 12.4 Å². The number of hydrogen-bond donors (Lipinski definition) is 1. The van der Waals surface area contributed by atoms with Crippen molar-refractivity contribution in [1.82, 2.24) is 0 Å². The fourth-order valence-electron chi connectivity index (χ4n) is 3.67. The van der Waals surface area contributed by atoms with Crippen LogP contribution in [0.1, 0.15) is 11.9 Å². The molecule has 2 aliphatic rings. The summed E-state index contributed by atoms with van der Waals surface area (Å²) in [6.45, 7) is 0.117. The number of benzene rings is 2. The van der Waals surface area contributed by atoms with Gasteiger partial charge in [0.15, 0.2) is 24.4 Å². The summed E-state index contributed by atoms with van der Waals surface area (Å²) < 4.78 is 28.4. The minimum Gasteiger partial charge on any atom is -0.475 e. The van der Waals surface area contributed by atoms with Gasteiger partial charge in [-0.1, -0.05) is 30.3 Å². The number of nitrogens with zero attached hydrogens (tertiary/aromatic N) is 2. The fraction of sp³-hybridized carbons (Fsp3) is 0.400. The number of rotatable bonds is 6. The summed E-state index contributed by atoms with van der Waals surface area (Å²) >= 11 is 0. The molecule has 0 spiro atoms. The normalized spacial score (nSPS) is 29.7. The van der Waals surface area contributed by atoms with Crippen molar-refractivity contribution >= 4 is 11.4 Å². The van der Waals surface area contributed by atoms with Gasteiger partial charge in [0.2, 0.25) is 0 Å². The van der Waals surface area contributed by atoms with Crippen molar-refractivity contribution in [3.8, 4) is 5.75 Å². The molecule has 6 atom stereocenters. The number of aliphatic hydroxyl groups excluding tert-OH is 1. The zero-order valence-electron chi connectivity index (χ0n) is 16.8. The number of aliphatic hydroxyl groups is 1. The zero-order valence-corrected chi connectivity index (χ0v) is 16.8. The van der Waals surface area contributed by atoms with Gasteiger partial charge in [-0.15, -0.1) is 0 Å². The van der Waals surface area contributed by atoms with Crippen molar-refractivity contribution in [1.29, 1.82) is 0 Å². The summed E-state index contributed by atoms with van der Waals surface area (Å²) in [5.41, 5.74) is -0.347. The number of fused-ring (bicyclic) bond motifs is 1. The van der Waals surface area contributed by atoms with Crippen LogP contribution in [0.5, 0.6) is 5.75 Å². The topological polar surface area (TPSA) is 153 Å². The molecule has 2 aromatic rings. The van der Waals surface area contributed by atoms with Gasteiger partial charge in [-0.3, -0.25) is 20.2 Å². The number of nitro benzene ring substituents is 2. The Labute approximate surface area is 181 Å². The van der Waals surface area contributed by atoms with Crippen LogP contribution in [0.4, 0.5) is 11.4 Å². The lowest BCUT2D eigenvalue weighted by atomic mass is 9.97. The molecule has 0 radical (unpaired) electrons. The van der Waals surface area contributed by atoms with E-state index in [9.17, 15) is 25.3 Å². The van der Waals surface area contributed by atoms with Gasteiger partial charge in [0.25, 0.3) is 5.69 Å². The van der Waals surface area contributed by atoms with Gasteiger partial charge in [0.05, 0.1) is 22.5 Å². The quantitative estimate of drug-likeness (QED) is 0.513. The second-order valence-corrected chi connectivity index (χ2v) is 7.19. The van der Waals surface area contributed by atoms with Crippen LogP contribution in [-0.4, -0.2) is 59.4 Å². The minimum atomic E-state index is -1.30. The zero-order chi connectivity index (χ0) is 22.8. The Hall–Kier alpha value is -3.16. The summed E-state index contributed by atoms with van der Waals surface area (Å²) in [6, 6.07) is 12.1. The van der Waals surface area contributed by atoms with Gasteiger partial charge in [-0.05, 0) is 6.07 Å². The molecule has 170 valence electrons. The predicted octanol–water partition coefficient (Wildman–Crippen LogP) is 2.10. The van der Waals surface area contributed by atoms with Crippen LogP contribution in [0.25, 0.3) is 0 Å². The highest BCUT2D eigenvalue weighted by molar-refractivity contribution is 5.53. The van der Waals surface area contributed by atoms with Crippen molar-refractivity contribution in [3.05, 3.63) is 74.3 Å². The van der Waals surface area contributed by atoms with Crippen molar-refractivity contribution < 1.29 is 38.6 Å². The van der Waals surface area contributed by atoms with Gasteiger partial charge in [-0.2, -0.15) is 0 Å². The molecule has 1 unspecified atom stereocenters. The number of non-ortho nitro benzene ring substituents is 1. The largest absolute Gasteiger partial charge is 0.475 e. The molecule has 12 heteroatoms. The predicted molar refractivity (Wildman–Crippen MR) is 106 cm³/mol. The van der Waals surface area contributed by atoms with Gasteiger partial charge in [0.1, 0.15) is 18.3 Å². The second-order valence-electron chi connectivity index (χ2n) is 7.19. The molecular weight excluding hydrogens is 428 g/mol. The summed E-state index contributed by atoms with van der Waals surface area (Å²) in [5, 5.41) is 33.4. The highest BCUT2D eigenvalue weighted by Crippen LogP contribution is 2.38. The molecular formula is C20H20N2O10. The second kappa shape index (κ2) is 9.14. The highest BCUT2D eigenvalue weighted by Gasteiger charge is 2.51. The van der Waals surface area contributed by atoms with E-state index in [0.717, 1.165) is 23.8 Å².